The van der Waals surface area contributed by atoms with Crippen LogP contribution in [0.25, 0.3) is 11.1 Å². The summed E-state index contributed by atoms with van der Waals surface area (Å²) in [4.78, 5) is 0. The van der Waals surface area contributed by atoms with E-state index in [1.54, 1.807) is 19.2 Å². The molecule has 0 aromatic heterocycles. The molecule has 0 atom stereocenters. The molecule has 0 saturated carbocycles. The van der Waals surface area contributed by atoms with Crippen LogP contribution in [-0.4, -0.2) is 7.11 Å². The Morgan fingerprint density at radius 2 is 0.828 bits per heavy atom. The number of halogens is 1. The first kappa shape index (κ1) is 56.4. The fourth-order valence-corrected chi connectivity index (χ4v) is 6.27. The maximum Gasteiger partial charge on any atom is 0.138 e. The second kappa shape index (κ2) is 42.7. The molecule has 0 aliphatic carbocycles. The van der Waals surface area contributed by atoms with E-state index in [4.69, 9.17) is 11.2 Å². The highest BCUT2D eigenvalue weighted by molar-refractivity contribution is 5.71. The minimum Gasteiger partial charge on any atom is -0.495 e. The van der Waals surface area contributed by atoms with Gasteiger partial charge in [-0.25, -0.2) is 4.39 Å². The average Bonchev–Trinajstić information content (AvgIpc) is 3.33. The third-order valence-electron chi connectivity index (χ3n) is 10.1. The lowest BCUT2D eigenvalue weighted by atomic mass is 10.00. The van der Waals surface area contributed by atoms with Crippen LogP contribution in [0.5, 0.6) is 5.75 Å². The van der Waals surface area contributed by atoms with Gasteiger partial charge in [-0.05, 0) is 67.1 Å². The minimum absolute atomic E-state index is 0.221. The minimum atomic E-state index is -0.221. The molecule has 0 N–H and O–H groups in total. The average molecular weight is 859 g/mol. The van der Waals surface area contributed by atoms with Crippen LogP contribution in [0, 0.1) is 65.5 Å². The maximum absolute atomic E-state index is 13.2. The van der Waals surface area contributed by atoms with Crippen molar-refractivity contribution < 1.29 is 9.13 Å². The molecule has 0 fully saturated rings. The van der Waals surface area contributed by atoms with Gasteiger partial charge < -0.3 is 4.74 Å². The Hall–Kier alpha value is -5.59. The third-order valence-corrected chi connectivity index (χ3v) is 10.1. The Bertz CT molecular complexity index is 2040. The summed E-state index contributed by atoms with van der Waals surface area (Å²) >= 11 is 0. The largest absolute Gasteiger partial charge is 0.495 e. The molecular formula is C62H79FO. The van der Waals surface area contributed by atoms with Gasteiger partial charge in [0, 0.05) is 44.1 Å². The van der Waals surface area contributed by atoms with Crippen molar-refractivity contribution in [3.8, 4) is 76.6 Å². The van der Waals surface area contributed by atoms with Gasteiger partial charge in [-0.1, -0.05) is 219 Å². The second-order valence-electron chi connectivity index (χ2n) is 15.7. The Balaban J connectivity index is 0.000000439. The van der Waals surface area contributed by atoms with Crippen molar-refractivity contribution in [1.29, 1.82) is 0 Å². The molecule has 0 aliphatic heterocycles. The number of terminal acetylenes is 1. The van der Waals surface area contributed by atoms with Crippen LogP contribution < -0.4 is 4.74 Å². The van der Waals surface area contributed by atoms with Crippen LogP contribution in [0.2, 0.25) is 0 Å². The van der Waals surface area contributed by atoms with Gasteiger partial charge >= 0.3 is 0 Å². The highest BCUT2D eigenvalue weighted by atomic mass is 19.1. The molecule has 0 amide bonds. The zero-order valence-electron chi connectivity index (χ0n) is 40.4. The van der Waals surface area contributed by atoms with E-state index in [1.165, 1.54) is 120 Å². The molecule has 64 heavy (non-hydrogen) atoms. The van der Waals surface area contributed by atoms with Crippen molar-refractivity contribution in [2.24, 2.45) is 0 Å². The predicted molar refractivity (Wildman–Crippen MR) is 277 cm³/mol. The van der Waals surface area contributed by atoms with E-state index in [9.17, 15) is 4.39 Å². The highest BCUT2D eigenvalue weighted by Crippen LogP contribution is 2.23. The van der Waals surface area contributed by atoms with Crippen LogP contribution in [0.4, 0.5) is 4.39 Å². The summed E-state index contributed by atoms with van der Waals surface area (Å²) in [6, 6.07) is 33.5. The third kappa shape index (κ3) is 30.5. The van der Waals surface area contributed by atoms with Crippen molar-refractivity contribution in [1.82, 2.24) is 0 Å². The summed E-state index contributed by atoms with van der Waals surface area (Å²) in [6.07, 6.45) is 32.3. The van der Waals surface area contributed by atoms with Crippen molar-refractivity contribution in [3.05, 3.63) is 126 Å². The van der Waals surface area contributed by atoms with Gasteiger partial charge in [0.15, 0.2) is 0 Å². The summed E-state index contributed by atoms with van der Waals surface area (Å²) in [5, 5.41) is 0. The van der Waals surface area contributed by atoms with Crippen molar-refractivity contribution in [3.63, 3.8) is 0 Å². The standard InChI is InChI=1S/C21H24.C16H22O.C15H19F.C10H14/c1-2-3-4-5-6-7-9-14-20-17-12-13-18-21(20)19-15-10-8-11-16-19;1-3-4-5-6-7-8-9-12-15-13-10-11-14-16(15)17-2;1-2-3-4-5-6-7-8-11-14-12-9-10-13-15(14)16;1-3-5-7-9-10-8-6-4-2/h8,10-13,15-18H,2-7H2,1H3;10-11,13-14H,3-8H2,1-2H3;9-10,12-13H,2-7H2,1H3;1H,4-8H2,2H3. The first-order valence-electron chi connectivity index (χ1n) is 24.4. The van der Waals surface area contributed by atoms with Gasteiger partial charge in [-0.2, -0.15) is 0 Å². The predicted octanol–water partition coefficient (Wildman–Crippen LogP) is 17.6. The lowest BCUT2D eigenvalue weighted by molar-refractivity contribution is 0.413. The van der Waals surface area contributed by atoms with Gasteiger partial charge in [0.2, 0.25) is 0 Å². The molecule has 2 heteroatoms. The summed E-state index contributed by atoms with van der Waals surface area (Å²) < 4.78 is 18.4. The molecule has 340 valence electrons. The number of benzene rings is 4. The molecule has 0 aliphatic rings. The lowest BCUT2D eigenvalue weighted by Gasteiger charge is -2.04. The zero-order valence-corrected chi connectivity index (χ0v) is 40.4. The van der Waals surface area contributed by atoms with Crippen LogP contribution >= 0.6 is 0 Å². The van der Waals surface area contributed by atoms with Gasteiger partial charge in [0.05, 0.1) is 18.2 Å². The van der Waals surface area contributed by atoms with E-state index < -0.39 is 0 Å². The number of para-hydroxylation sites is 1. The Labute approximate surface area is 392 Å². The van der Waals surface area contributed by atoms with E-state index in [2.05, 4.69) is 130 Å². The second-order valence-corrected chi connectivity index (χ2v) is 15.7. The molecule has 4 aromatic rings. The van der Waals surface area contributed by atoms with E-state index in [0.717, 1.165) is 61.8 Å². The van der Waals surface area contributed by atoms with Gasteiger partial charge in [-0.3, -0.25) is 0 Å². The molecule has 1 nitrogen and oxygen atoms in total. The number of rotatable bonds is 20. The number of unbranched alkanes of at least 4 members (excludes halogenated alkanes) is 18. The number of methoxy groups -OCH3 is 1. The van der Waals surface area contributed by atoms with Crippen LogP contribution in [0.15, 0.2) is 103 Å². The molecule has 0 saturated heterocycles. The summed E-state index contributed by atoms with van der Waals surface area (Å²) in [7, 11) is 1.69. The molecule has 0 spiro atoms. The van der Waals surface area contributed by atoms with Crippen molar-refractivity contribution >= 4 is 0 Å². The zero-order chi connectivity index (χ0) is 46.4. The summed E-state index contributed by atoms with van der Waals surface area (Å²) in [5.74, 6) is 28.3. The normalized spacial score (nSPS) is 9.39. The SMILES string of the molecule is C#CCCC#CCCCC.CCCCCCCC#Cc1ccccc1-c1ccccc1.CCCCCCCC#Cc1ccccc1F.CCCCCCCC#Cc1ccccc1OC. The highest BCUT2D eigenvalue weighted by Gasteiger charge is 2.01. The lowest BCUT2D eigenvalue weighted by Crippen LogP contribution is -1.86. The fraction of sp³-hybridized carbons (Fsp3) is 0.452. The Kier molecular flexibility index (Phi) is 37.6. The van der Waals surface area contributed by atoms with Gasteiger partial charge in [-0.15, -0.1) is 24.2 Å². The number of hydrogen-bond acceptors (Lipinski definition) is 1. The first-order valence-corrected chi connectivity index (χ1v) is 24.4. The maximum atomic E-state index is 13.2. The summed E-state index contributed by atoms with van der Waals surface area (Å²) in [6.45, 7) is 8.86. The van der Waals surface area contributed by atoms with Crippen molar-refractivity contribution in [2.75, 3.05) is 7.11 Å². The number of hydrogen-bond donors (Lipinski definition) is 0. The van der Waals surface area contributed by atoms with E-state index in [1.807, 2.05) is 36.4 Å². The number of ether oxygens (including phenoxy) is 1. The first-order chi connectivity index (χ1) is 31.6. The van der Waals surface area contributed by atoms with E-state index >= 15 is 0 Å². The Morgan fingerprint density at radius 3 is 1.36 bits per heavy atom. The molecule has 0 bridgehead atoms. The van der Waals surface area contributed by atoms with Crippen molar-refractivity contribution in [2.45, 2.75) is 175 Å². The van der Waals surface area contributed by atoms with Crippen LogP contribution in [0.3, 0.4) is 0 Å². The molecule has 4 rings (SSSR count). The van der Waals surface area contributed by atoms with Crippen LogP contribution in [-0.2, 0) is 0 Å². The van der Waals surface area contributed by atoms with Gasteiger partial charge in [0.25, 0.3) is 0 Å². The molecule has 0 unspecified atom stereocenters. The molecule has 4 aromatic carbocycles. The van der Waals surface area contributed by atoms with E-state index in [0.29, 0.717) is 5.56 Å². The Morgan fingerprint density at radius 1 is 0.406 bits per heavy atom. The molecule has 0 radical (unpaired) electrons. The van der Waals surface area contributed by atoms with Crippen LogP contribution in [0.1, 0.15) is 192 Å². The topological polar surface area (TPSA) is 9.23 Å². The fourth-order valence-electron chi connectivity index (χ4n) is 6.27. The summed E-state index contributed by atoms with van der Waals surface area (Å²) in [5.41, 5.74) is 5.11. The quantitative estimate of drug-likeness (QED) is 0.0635. The monoisotopic (exact) mass is 859 g/mol. The van der Waals surface area contributed by atoms with Gasteiger partial charge in [0.1, 0.15) is 11.6 Å². The smallest absolute Gasteiger partial charge is 0.138 e. The van der Waals surface area contributed by atoms with E-state index in [-0.39, 0.29) is 5.82 Å². The molecular weight excluding hydrogens is 780 g/mol. The molecule has 0 heterocycles.